The van der Waals surface area contributed by atoms with Crippen LogP contribution in [-0.2, 0) is 6.42 Å². The minimum atomic E-state index is -1.18. The number of halogens is 1. The van der Waals surface area contributed by atoms with E-state index in [4.69, 9.17) is 21.2 Å². The Hall–Kier alpha value is -2.34. The molecule has 110 valence electrons. The summed E-state index contributed by atoms with van der Waals surface area (Å²) in [5.41, 5.74) is 0.933. The number of carbonyl (C=O) groups excluding carboxylic acids is 1. The summed E-state index contributed by atoms with van der Waals surface area (Å²) in [4.78, 5) is 23.5. The number of carboxylic acids is 1. The third-order valence-corrected chi connectivity index (χ3v) is 3.19. The molecule has 0 saturated carbocycles. The van der Waals surface area contributed by atoms with E-state index in [1.165, 1.54) is 18.2 Å². The molecule has 7 heteroatoms. The van der Waals surface area contributed by atoms with E-state index in [0.29, 0.717) is 23.4 Å². The Labute approximate surface area is 125 Å². The van der Waals surface area contributed by atoms with Gasteiger partial charge in [0.25, 0.3) is 5.91 Å². The van der Waals surface area contributed by atoms with Crippen LogP contribution in [0.15, 0.2) is 22.7 Å². The van der Waals surface area contributed by atoms with Gasteiger partial charge in [-0.05, 0) is 31.5 Å². The van der Waals surface area contributed by atoms with Crippen LogP contribution in [0.1, 0.15) is 39.1 Å². The second-order valence-electron chi connectivity index (χ2n) is 4.36. The fourth-order valence-corrected chi connectivity index (χ4v) is 2.11. The second kappa shape index (κ2) is 5.97. The molecule has 0 spiro atoms. The van der Waals surface area contributed by atoms with Gasteiger partial charge in [0.05, 0.1) is 16.9 Å². The third-order valence-electron chi connectivity index (χ3n) is 2.96. The summed E-state index contributed by atoms with van der Waals surface area (Å²) in [5, 5.41) is 15.8. The molecule has 2 aromatic rings. The fraction of sp³-hybridized carbons (Fsp3) is 0.214. The van der Waals surface area contributed by atoms with Gasteiger partial charge in [-0.25, -0.2) is 4.79 Å². The number of nitrogens with one attached hydrogen (secondary N) is 1. The molecule has 1 aromatic heterocycles. The maximum absolute atomic E-state index is 12.3. The number of nitrogens with zero attached hydrogens (tertiary/aromatic N) is 1. The van der Waals surface area contributed by atoms with E-state index >= 15 is 0 Å². The van der Waals surface area contributed by atoms with Crippen molar-refractivity contribution in [3.8, 4) is 0 Å². The van der Waals surface area contributed by atoms with Crippen LogP contribution < -0.4 is 5.32 Å². The Kier molecular flexibility index (Phi) is 4.28. The molecule has 2 N–H and O–H groups in total. The fourth-order valence-electron chi connectivity index (χ4n) is 1.94. The maximum atomic E-state index is 12.3. The van der Waals surface area contributed by atoms with Gasteiger partial charge in [-0.2, -0.15) is 0 Å². The first kappa shape index (κ1) is 15.1. The van der Waals surface area contributed by atoms with E-state index in [2.05, 4.69) is 10.5 Å². The Morgan fingerprint density at radius 1 is 1.43 bits per heavy atom. The smallest absolute Gasteiger partial charge is 0.337 e. The van der Waals surface area contributed by atoms with Crippen molar-refractivity contribution >= 4 is 29.2 Å². The first-order chi connectivity index (χ1) is 9.93. The van der Waals surface area contributed by atoms with Crippen molar-refractivity contribution in [1.82, 2.24) is 5.16 Å². The normalized spacial score (nSPS) is 10.4. The lowest BCUT2D eigenvalue weighted by Crippen LogP contribution is -2.16. The number of anilines is 1. The van der Waals surface area contributed by atoms with E-state index < -0.39 is 11.9 Å². The van der Waals surface area contributed by atoms with Crippen molar-refractivity contribution in [1.29, 1.82) is 0 Å². The van der Waals surface area contributed by atoms with Crippen molar-refractivity contribution in [3.63, 3.8) is 0 Å². The molecule has 0 unspecified atom stereocenters. The van der Waals surface area contributed by atoms with Gasteiger partial charge in [-0.3, -0.25) is 4.79 Å². The minimum Gasteiger partial charge on any atom is -0.478 e. The zero-order chi connectivity index (χ0) is 15.6. The SMILES string of the molecule is CCc1noc(C)c1C(=O)Nc1ccc(Cl)cc1C(=O)O. The predicted octanol–water partition coefficient (Wildman–Crippen LogP) is 3.15. The molecule has 0 aliphatic carbocycles. The standard InChI is InChI=1S/C14H13ClN2O4/c1-3-10-12(7(2)21-17-10)13(18)16-11-5-4-8(15)6-9(11)14(19)20/h4-6H,3H2,1-2H3,(H,16,18)(H,19,20). The Morgan fingerprint density at radius 2 is 2.14 bits per heavy atom. The summed E-state index contributed by atoms with van der Waals surface area (Å²) in [5.74, 6) is -1.25. The molecule has 0 aliphatic heterocycles. The van der Waals surface area contributed by atoms with Gasteiger partial charge >= 0.3 is 5.97 Å². The van der Waals surface area contributed by atoms with Gasteiger partial charge in [0, 0.05) is 5.02 Å². The summed E-state index contributed by atoms with van der Waals surface area (Å²) in [7, 11) is 0. The average molecular weight is 309 g/mol. The highest BCUT2D eigenvalue weighted by Crippen LogP contribution is 2.23. The van der Waals surface area contributed by atoms with Crippen molar-refractivity contribution in [2.24, 2.45) is 0 Å². The number of hydrogen-bond donors (Lipinski definition) is 2. The van der Waals surface area contributed by atoms with Gasteiger partial charge in [-0.1, -0.05) is 23.7 Å². The van der Waals surface area contributed by atoms with E-state index in [0.717, 1.165) is 0 Å². The van der Waals surface area contributed by atoms with Crippen LogP contribution in [0.3, 0.4) is 0 Å². The number of aryl methyl sites for hydroxylation is 2. The number of rotatable bonds is 4. The van der Waals surface area contributed by atoms with Crippen LogP contribution >= 0.6 is 11.6 Å². The molecule has 0 saturated heterocycles. The zero-order valence-corrected chi connectivity index (χ0v) is 12.2. The van der Waals surface area contributed by atoms with E-state index in [-0.39, 0.29) is 16.3 Å². The predicted molar refractivity (Wildman–Crippen MR) is 77.0 cm³/mol. The molecule has 0 bridgehead atoms. The maximum Gasteiger partial charge on any atom is 0.337 e. The average Bonchev–Trinajstić information content (AvgIpc) is 2.81. The molecule has 2 rings (SSSR count). The summed E-state index contributed by atoms with van der Waals surface area (Å²) in [6, 6.07) is 4.23. The summed E-state index contributed by atoms with van der Waals surface area (Å²) in [6.07, 6.45) is 0.534. The number of amides is 1. The highest BCUT2D eigenvalue weighted by Gasteiger charge is 2.21. The zero-order valence-electron chi connectivity index (χ0n) is 11.4. The summed E-state index contributed by atoms with van der Waals surface area (Å²) < 4.78 is 4.99. The molecule has 21 heavy (non-hydrogen) atoms. The molecule has 1 aromatic carbocycles. The molecule has 0 atom stereocenters. The minimum absolute atomic E-state index is 0.0806. The number of carbonyl (C=O) groups is 2. The van der Waals surface area contributed by atoms with Gasteiger partial charge in [0.2, 0.25) is 0 Å². The highest BCUT2D eigenvalue weighted by atomic mass is 35.5. The Balaban J connectivity index is 2.36. The molecular weight excluding hydrogens is 296 g/mol. The second-order valence-corrected chi connectivity index (χ2v) is 4.80. The first-order valence-corrected chi connectivity index (χ1v) is 6.61. The number of benzene rings is 1. The van der Waals surface area contributed by atoms with Gasteiger partial charge in [-0.15, -0.1) is 0 Å². The third kappa shape index (κ3) is 3.05. The van der Waals surface area contributed by atoms with Crippen molar-refractivity contribution < 1.29 is 19.2 Å². The lowest BCUT2D eigenvalue weighted by molar-refractivity contribution is 0.0698. The molecule has 0 fully saturated rings. The van der Waals surface area contributed by atoms with Crippen LogP contribution in [0.2, 0.25) is 5.02 Å². The Morgan fingerprint density at radius 3 is 2.76 bits per heavy atom. The van der Waals surface area contributed by atoms with E-state index in [9.17, 15) is 9.59 Å². The Bertz CT molecular complexity index is 709. The van der Waals surface area contributed by atoms with Crippen LogP contribution in [-0.4, -0.2) is 22.1 Å². The highest BCUT2D eigenvalue weighted by molar-refractivity contribution is 6.31. The molecule has 0 aliphatic rings. The van der Waals surface area contributed by atoms with Crippen LogP contribution in [0.5, 0.6) is 0 Å². The van der Waals surface area contributed by atoms with Crippen molar-refractivity contribution in [2.45, 2.75) is 20.3 Å². The topological polar surface area (TPSA) is 92.4 Å². The van der Waals surface area contributed by atoms with Crippen LogP contribution in [0.4, 0.5) is 5.69 Å². The van der Waals surface area contributed by atoms with E-state index in [1.54, 1.807) is 6.92 Å². The number of aromatic nitrogens is 1. The molecule has 0 radical (unpaired) electrons. The quantitative estimate of drug-likeness (QED) is 0.905. The monoisotopic (exact) mass is 308 g/mol. The molecule has 1 heterocycles. The summed E-state index contributed by atoms with van der Waals surface area (Å²) >= 11 is 5.77. The molecule has 1 amide bonds. The van der Waals surface area contributed by atoms with Crippen molar-refractivity contribution in [3.05, 3.63) is 45.8 Å². The van der Waals surface area contributed by atoms with Crippen LogP contribution in [0.25, 0.3) is 0 Å². The largest absolute Gasteiger partial charge is 0.478 e. The van der Waals surface area contributed by atoms with Gasteiger partial charge < -0.3 is 14.9 Å². The van der Waals surface area contributed by atoms with Crippen LogP contribution in [0, 0.1) is 6.92 Å². The van der Waals surface area contributed by atoms with Crippen molar-refractivity contribution in [2.75, 3.05) is 5.32 Å². The summed E-state index contributed by atoms with van der Waals surface area (Å²) in [6.45, 7) is 3.47. The number of aromatic carboxylic acids is 1. The lowest BCUT2D eigenvalue weighted by atomic mass is 10.1. The van der Waals surface area contributed by atoms with Gasteiger partial charge in [0.1, 0.15) is 11.3 Å². The first-order valence-electron chi connectivity index (χ1n) is 6.23. The lowest BCUT2D eigenvalue weighted by Gasteiger charge is -2.08. The number of carboxylic acid groups (broad SMARTS) is 1. The van der Waals surface area contributed by atoms with E-state index in [1.807, 2.05) is 6.92 Å². The van der Waals surface area contributed by atoms with Gasteiger partial charge in [0.15, 0.2) is 0 Å². The molecule has 6 nitrogen and oxygen atoms in total. The number of hydrogen-bond acceptors (Lipinski definition) is 4. The molecular formula is C14H13ClN2O4.